The van der Waals surface area contributed by atoms with Gasteiger partial charge in [0.25, 0.3) is 0 Å². The first-order valence-electron chi connectivity index (χ1n) is 3.19. The minimum absolute atomic E-state index is 0. The van der Waals surface area contributed by atoms with E-state index in [2.05, 4.69) is 18.2 Å². The molecule has 11 heavy (non-hydrogen) atoms. The molecule has 0 aliphatic heterocycles. The molecule has 0 spiro atoms. The second kappa shape index (κ2) is 6.12. The molecule has 0 atom stereocenters. The van der Waals surface area contributed by atoms with E-state index in [9.17, 15) is 0 Å². The number of hydrogen-bond donors (Lipinski definition) is 0. The molecule has 0 unspecified atom stereocenters. The van der Waals surface area contributed by atoms with Crippen molar-refractivity contribution in [3.63, 3.8) is 0 Å². The van der Waals surface area contributed by atoms with Crippen molar-refractivity contribution in [1.82, 2.24) is 0 Å². The molecule has 0 saturated heterocycles. The van der Waals surface area contributed by atoms with Crippen molar-refractivity contribution in [1.29, 1.82) is 0 Å². The van der Waals surface area contributed by atoms with E-state index in [4.69, 9.17) is 5.71 Å². The van der Waals surface area contributed by atoms with Gasteiger partial charge in [-0.05, 0) is 0 Å². The zero-order valence-corrected chi connectivity index (χ0v) is 11.1. The van der Waals surface area contributed by atoms with E-state index in [1.165, 1.54) is 3.33 Å². The molecular formula is C7H12ClHfO2. The van der Waals surface area contributed by atoms with Crippen molar-refractivity contribution in [3.05, 3.63) is 21.6 Å². The Kier molecular flexibility index (Phi) is 6.43. The van der Waals surface area contributed by atoms with Crippen LogP contribution in [0.5, 0.6) is 0 Å². The van der Waals surface area contributed by atoms with Crippen molar-refractivity contribution in [2.75, 3.05) is 14.2 Å². The largest absolute Gasteiger partial charge is 0.147 e. The Labute approximate surface area is 82.4 Å². The summed E-state index contributed by atoms with van der Waals surface area (Å²) in [5.41, 5.74) is 0. The molecule has 0 N–H and O–H groups in total. The smallest absolute Gasteiger partial charge is 0.147 e. The third-order valence-corrected chi connectivity index (χ3v) is 7.28. The molecule has 0 aromatic rings. The van der Waals surface area contributed by atoms with Crippen molar-refractivity contribution in [3.8, 4) is 0 Å². The minimum atomic E-state index is -2.13. The average Bonchev–Trinajstić information content (AvgIpc) is 2.43. The molecule has 0 aromatic heterocycles. The van der Waals surface area contributed by atoms with Crippen LogP contribution in [0.2, 0.25) is 0 Å². The molecule has 0 aromatic carbocycles. The fourth-order valence-corrected chi connectivity index (χ4v) is 5.28. The van der Waals surface area contributed by atoms with Gasteiger partial charge in [-0.2, -0.15) is 0 Å². The number of rotatable bonds is 3. The third kappa shape index (κ3) is 3.20. The molecule has 0 amide bonds. The molecule has 0 heterocycles. The van der Waals surface area contributed by atoms with Crippen LogP contribution in [0.25, 0.3) is 0 Å². The Morgan fingerprint density at radius 3 is 2.36 bits per heavy atom. The Bertz CT molecular complexity index is 164. The van der Waals surface area contributed by atoms with Crippen molar-refractivity contribution in [2.24, 2.45) is 0 Å². The van der Waals surface area contributed by atoms with Crippen molar-refractivity contribution < 1.29 is 28.0 Å². The SMILES string of the molecule is C[O][Hf]([O]C)[C]1=CC=CC1.Cl. The Balaban J connectivity index is 0.000001000. The maximum atomic E-state index is 5.27. The van der Waals surface area contributed by atoms with E-state index in [1.807, 2.05) is 0 Å². The van der Waals surface area contributed by atoms with E-state index in [-0.39, 0.29) is 12.4 Å². The standard InChI is InChI=1S/C5H5.2CH3O.ClH.Hf/c1-2-4-5-3-1;2*1-2;;/h1-3H,4H2;2*1H3;1H;/q;2*-1;;+2. The predicted octanol–water partition coefficient (Wildman–Crippen LogP) is 1.99. The van der Waals surface area contributed by atoms with E-state index in [0.29, 0.717) is 0 Å². The molecule has 0 saturated carbocycles. The van der Waals surface area contributed by atoms with Crippen LogP contribution >= 0.6 is 12.4 Å². The summed E-state index contributed by atoms with van der Waals surface area (Å²) in [4.78, 5) is 0. The van der Waals surface area contributed by atoms with Crippen LogP contribution in [-0.2, 0) is 28.0 Å². The van der Waals surface area contributed by atoms with Crippen LogP contribution in [0.3, 0.4) is 0 Å². The molecule has 1 aliphatic carbocycles. The van der Waals surface area contributed by atoms with Crippen molar-refractivity contribution in [2.45, 2.75) is 6.42 Å². The summed E-state index contributed by atoms with van der Waals surface area (Å²) in [5.74, 6) is 0. The van der Waals surface area contributed by atoms with Crippen molar-refractivity contribution >= 4 is 12.4 Å². The summed E-state index contributed by atoms with van der Waals surface area (Å²) in [5, 5.41) is 0. The Morgan fingerprint density at radius 2 is 2.00 bits per heavy atom. The van der Waals surface area contributed by atoms with Gasteiger partial charge >= 0.3 is 70.2 Å². The van der Waals surface area contributed by atoms with Gasteiger partial charge in [0.05, 0.1) is 0 Å². The first kappa shape index (κ1) is 11.6. The zero-order valence-electron chi connectivity index (χ0n) is 6.66. The predicted molar refractivity (Wildman–Crippen MR) is 43.1 cm³/mol. The van der Waals surface area contributed by atoms with Gasteiger partial charge in [0.1, 0.15) is 0 Å². The van der Waals surface area contributed by atoms with Gasteiger partial charge in [-0.15, -0.1) is 12.4 Å². The first-order chi connectivity index (χ1) is 4.88. The maximum Gasteiger partial charge on any atom is -0.147 e. The van der Waals surface area contributed by atoms with Gasteiger partial charge in [0.2, 0.25) is 0 Å². The summed E-state index contributed by atoms with van der Waals surface area (Å²) in [6.45, 7) is 0. The molecule has 4 heteroatoms. The normalized spacial score (nSPS) is 14.2. The summed E-state index contributed by atoms with van der Waals surface area (Å²) in [6.07, 6.45) is 7.37. The minimum Gasteiger partial charge on any atom is -0.147 e. The maximum absolute atomic E-state index is 5.27. The molecule has 63 valence electrons. The van der Waals surface area contributed by atoms with Gasteiger partial charge in [-0.3, -0.25) is 0 Å². The van der Waals surface area contributed by atoms with Gasteiger partial charge in [0, 0.05) is 0 Å². The second-order valence-electron chi connectivity index (χ2n) is 2.02. The van der Waals surface area contributed by atoms with E-state index in [1.54, 1.807) is 14.2 Å². The van der Waals surface area contributed by atoms with Gasteiger partial charge in [0.15, 0.2) is 0 Å². The topological polar surface area (TPSA) is 18.5 Å². The molecule has 0 radical (unpaired) electrons. The second-order valence-corrected chi connectivity index (χ2v) is 9.33. The van der Waals surface area contributed by atoms with Crippen LogP contribution in [-0.4, -0.2) is 14.2 Å². The monoisotopic (exact) mass is 343 g/mol. The van der Waals surface area contributed by atoms with Gasteiger partial charge in [-0.25, -0.2) is 0 Å². The summed E-state index contributed by atoms with van der Waals surface area (Å²) in [6, 6.07) is 0. The first-order valence-corrected chi connectivity index (χ1v) is 7.92. The quantitative estimate of drug-likeness (QED) is 0.731. The van der Waals surface area contributed by atoms with Crippen LogP contribution in [0, 0.1) is 0 Å². The molecule has 0 fully saturated rings. The average molecular weight is 342 g/mol. The fraction of sp³-hybridized carbons (Fsp3) is 0.429. The molecule has 1 rings (SSSR count). The van der Waals surface area contributed by atoms with Gasteiger partial charge < -0.3 is 0 Å². The molecule has 2 nitrogen and oxygen atoms in total. The van der Waals surface area contributed by atoms with E-state index in [0.717, 1.165) is 6.42 Å². The fourth-order valence-electron chi connectivity index (χ4n) is 0.944. The number of allylic oxidation sites excluding steroid dienone is 4. The Hall–Kier alpha value is 0.560. The molecule has 0 bridgehead atoms. The van der Waals surface area contributed by atoms with Crippen LogP contribution < -0.4 is 0 Å². The van der Waals surface area contributed by atoms with Gasteiger partial charge in [-0.1, -0.05) is 0 Å². The Morgan fingerprint density at radius 1 is 1.36 bits per heavy atom. The zero-order chi connectivity index (χ0) is 7.40. The van der Waals surface area contributed by atoms with Crippen LogP contribution in [0.1, 0.15) is 6.42 Å². The van der Waals surface area contributed by atoms with E-state index >= 15 is 0 Å². The molecule has 1 aliphatic rings. The summed E-state index contributed by atoms with van der Waals surface area (Å²) < 4.78 is 11.9. The van der Waals surface area contributed by atoms with E-state index < -0.39 is 22.3 Å². The summed E-state index contributed by atoms with van der Waals surface area (Å²) >= 11 is -2.13. The van der Waals surface area contributed by atoms with Crippen LogP contribution in [0.4, 0.5) is 0 Å². The number of hydrogen-bond acceptors (Lipinski definition) is 2. The number of halogens is 1. The molecular weight excluding hydrogens is 330 g/mol. The summed E-state index contributed by atoms with van der Waals surface area (Å²) in [7, 11) is 3.48. The third-order valence-electron chi connectivity index (χ3n) is 1.40. The van der Waals surface area contributed by atoms with Crippen LogP contribution in [0.15, 0.2) is 21.6 Å².